The molecule has 4 heteroatoms. The molecule has 1 aromatic rings. The molecule has 0 fully saturated rings. The lowest BCUT2D eigenvalue weighted by molar-refractivity contribution is 0.0943. The zero-order valence-electron chi connectivity index (χ0n) is 10.9. The predicted molar refractivity (Wildman–Crippen MR) is 74.0 cm³/mol. The van der Waals surface area contributed by atoms with E-state index in [0.29, 0.717) is 29.5 Å². The number of carbonyl (C=O) groups excluding carboxylic acids is 1. The number of carbonyl (C=O) groups is 1. The lowest BCUT2D eigenvalue weighted by atomic mass is 10.0. The van der Waals surface area contributed by atoms with Gasteiger partial charge in [0.1, 0.15) is 0 Å². The molecule has 0 aromatic heterocycles. The Kier molecular flexibility index (Phi) is 6.16. The molecular formula is C14H20ClNO2. The average molecular weight is 270 g/mol. The summed E-state index contributed by atoms with van der Waals surface area (Å²) in [5.41, 5.74) is 1.53. The van der Waals surface area contributed by atoms with Gasteiger partial charge in [0.15, 0.2) is 0 Å². The number of halogens is 1. The van der Waals surface area contributed by atoms with Crippen molar-refractivity contribution in [1.82, 2.24) is 5.32 Å². The summed E-state index contributed by atoms with van der Waals surface area (Å²) in [5.74, 6) is 0.202. The Labute approximate surface area is 113 Å². The van der Waals surface area contributed by atoms with Gasteiger partial charge in [0.25, 0.3) is 5.91 Å². The topological polar surface area (TPSA) is 49.3 Å². The van der Waals surface area contributed by atoms with Crippen molar-refractivity contribution in [3.8, 4) is 0 Å². The van der Waals surface area contributed by atoms with E-state index in [1.54, 1.807) is 12.1 Å². The Morgan fingerprint density at radius 1 is 1.50 bits per heavy atom. The van der Waals surface area contributed by atoms with Gasteiger partial charge in [-0.2, -0.15) is 0 Å². The molecule has 1 rings (SSSR count). The summed E-state index contributed by atoms with van der Waals surface area (Å²) in [4.78, 5) is 11.9. The standard InChI is InChI=1S/C14H20ClNO2/c1-3-11(6-7-17)9-16-14(18)12-5-4-10(2)13(15)8-12/h4-5,8,11,17H,3,6-7,9H2,1-2H3,(H,16,18). The number of hydrogen-bond acceptors (Lipinski definition) is 2. The van der Waals surface area contributed by atoms with Gasteiger partial charge < -0.3 is 10.4 Å². The summed E-state index contributed by atoms with van der Waals surface area (Å²) in [5, 5.41) is 12.4. The molecule has 3 nitrogen and oxygen atoms in total. The molecule has 1 aromatic carbocycles. The fourth-order valence-electron chi connectivity index (χ4n) is 1.71. The average Bonchev–Trinajstić information content (AvgIpc) is 2.37. The van der Waals surface area contributed by atoms with E-state index >= 15 is 0 Å². The van der Waals surface area contributed by atoms with Crippen molar-refractivity contribution in [2.75, 3.05) is 13.2 Å². The number of amides is 1. The van der Waals surface area contributed by atoms with Gasteiger partial charge in [-0.05, 0) is 37.0 Å². The molecule has 0 aliphatic heterocycles. The number of rotatable bonds is 6. The van der Waals surface area contributed by atoms with E-state index in [1.165, 1.54) is 0 Å². The van der Waals surface area contributed by atoms with Gasteiger partial charge >= 0.3 is 0 Å². The van der Waals surface area contributed by atoms with E-state index in [4.69, 9.17) is 16.7 Å². The fourth-order valence-corrected chi connectivity index (χ4v) is 1.89. The second-order valence-electron chi connectivity index (χ2n) is 4.46. The van der Waals surface area contributed by atoms with Crippen LogP contribution in [0.15, 0.2) is 18.2 Å². The second-order valence-corrected chi connectivity index (χ2v) is 4.87. The molecule has 0 saturated heterocycles. The fraction of sp³-hybridized carbons (Fsp3) is 0.500. The van der Waals surface area contributed by atoms with Crippen molar-refractivity contribution >= 4 is 17.5 Å². The molecule has 100 valence electrons. The van der Waals surface area contributed by atoms with Crippen molar-refractivity contribution in [1.29, 1.82) is 0 Å². The molecule has 0 radical (unpaired) electrons. The van der Waals surface area contributed by atoms with Crippen molar-refractivity contribution < 1.29 is 9.90 Å². The highest BCUT2D eigenvalue weighted by Gasteiger charge is 2.10. The minimum absolute atomic E-state index is 0.117. The first-order valence-corrected chi connectivity index (χ1v) is 6.61. The molecule has 0 bridgehead atoms. The first-order valence-electron chi connectivity index (χ1n) is 6.23. The quantitative estimate of drug-likeness (QED) is 0.834. The lowest BCUT2D eigenvalue weighted by Crippen LogP contribution is -2.29. The molecule has 1 unspecified atom stereocenters. The summed E-state index contributed by atoms with van der Waals surface area (Å²) in [6, 6.07) is 5.28. The van der Waals surface area contributed by atoms with Gasteiger partial charge in [-0.1, -0.05) is 31.0 Å². The number of aliphatic hydroxyl groups is 1. The third-order valence-electron chi connectivity index (χ3n) is 3.10. The second kappa shape index (κ2) is 7.39. The maximum Gasteiger partial charge on any atom is 0.251 e. The maximum atomic E-state index is 11.9. The Morgan fingerprint density at radius 2 is 2.22 bits per heavy atom. The van der Waals surface area contributed by atoms with Crippen LogP contribution < -0.4 is 5.32 Å². The molecule has 0 saturated carbocycles. The summed E-state index contributed by atoms with van der Waals surface area (Å²) in [7, 11) is 0. The SMILES string of the molecule is CCC(CCO)CNC(=O)c1ccc(C)c(Cl)c1. The van der Waals surface area contributed by atoms with Gasteiger partial charge in [-0.3, -0.25) is 4.79 Å². The van der Waals surface area contributed by atoms with Crippen LogP contribution in [-0.2, 0) is 0 Å². The third-order valence-corrected chi connectivity index (χ3v) is 3.51. The van der Waals surface area contributed by atoms with E-state index in [9.17, 15) is 4.79 Å². The van der Waals surface area contributed by atoms with E-state index in [0.717, 1.165) is 12.0 Å². The zero-order valence-corrected chi connectivity index (χ0v) is 11.6. The molecule has 1 amide bonds. The number of hydrogen-bond donors (Lipinski definition) is 2. The van der Waals surface area contributed by atoms with Crippen LogP contribution in [0.3, 0.4) is 0 Å². The van der Waals surface area contributed by atoms with Crippen molar-refractivity contribution in [3.63, 3.8) is 0 Å². The Balaban J connectivity index is 2.57. The lowest BCUT2D eigenvalue weighted by Gasteiger charge is -2.14. The Hall–Kier alpha value is -1.06. The van der Waals surface area contributed by atoms with Gasteiger partial charge in [0.2, 0.25) is 0 Å². The zero-order chi connectivity index (χ0) is 13.5. The van der Waals surface area contributed by atoms with Crippen LogP contribution in [0.4, 0.5) is 0 Å². The Morgan fingerprint density at radius 3 is 2.78 bits per heavy atom. The van der Waals surface area contributed by atoms with Gasteiger partial charge in [-0.25, -0.2) is 0 Å². The van der Waals surface area contributed by atoms with E-state index in [1.807, 2.05) is 13.0 Å². The molecule has 0 aliphatic carbocycles. The van der Waals surface area contributed by atoms with Crippen LogP contribution >= 0.6 is 11.6 Å². The Bertz CT molecular complexity index is 407. The molecule has 0 aliphatic rings. The van der Waals surface area contributed by atoms with Gasteiger partial charge in [-0.15, -0.1) is 0 Å². The largest absolute Gasteiger partial charge is 0.396 e. The van der Waals surface area contributed by atoms with Crippen molar-refractivity contribution in [2.45, 2.75) is 26.7 Å². The smallest absolute Gasteiger partial charge is 0.251 e. The third kappa shape index (κ3) is 4.31. The molecule has 2 N–H and O–H groups in total. The van der Waals surface area contributed by atoms with Crippen LogP contribution in [0, 0.1) is 12.8 Å². The van der Waals surface area contributed by atoms with Gasteiger partial charge in [0.05, 0.1) is 0 Å². The number of aliphatic hydroxyl groups excluding tert-OH is 1. The molecule has 1 atom stereocenters. The highest BCUT2D eigenvalue weighted by Crippen LogP contribution is 2.16. The van der Waals surface area contributed by atoms with Gasteiger partial charge in [0, 0.05) is 23.7 Å². The minimum atomic E-state index is -0.117. The summed E-state index contributed by atoms with van der Waals surface area (Å²) in [6.07, 6.45) is 1.65. The van der Waals surface area contributed by atoms with E-state index in [-0.39, 0.29) is 12.5 Å². The first-order chi connectivity index (χ1) is 8.58. The number of nitrogens with one attached hydrogen (secondary N) is 1. The van der Waals surface area contributed by atoms with Crippen LogP contribution in [0.5, 0.6) is 0 Å². The van der Waals surface area contributed by atoms with Crippen LogP contribution in [-0.4, -0.2) is 24.2 Å². The van der Waals surface area contributed by atoms with Crippen molar-refractivity contribution in [3.05, 3.63) is 34.3 Å². The number of benzene rings is 1. The minimum Gasteiger partial charge on any atom is -0.396 e. The maximum absolute atomic E-state index is 11.9. The van der Waals surface area contributed by atoms with E-state index in [2.05, 4.69) is 12.2 Å². The number of aryl methyl sites for hydroxylation is 1. The molecular weight excluding hydrogens is 250 g/mol. The highest BCUT2D eigenvalue weighted by molar-refractivity contribution is 6.31. The summed E-state index contributed by atoms with van der Waals surface area (Å²) in [6.45, 7) is 4.69. The van der Waals surface area contributed by atoms with Crippen LogP contribution in [0.2, 0.25) is 5.02 Å². The monoisotopic (exact) mass is 269 g/mol. The summed E-state index contributed by atoms with van der Waals surface area (Å²) < 4.78 is 0. The molecule has 0 heterocycles. The molecule has 18 heavy (non-hydrogen) atoms. The van der Waals surface area contributed by atoms with E-state index < -0.39 is 0 Å². The summed E-state index contributed by atoms with van der Waals surface area (Å²) >= 11 is 5.98. The van der Waals surface area contributed by atoms with Crippen LogP contribution in [0.1, 0.15) is 35.7 Å². The highest BCUT2D eigenvalue weighted by atomic mass is 35.5. The van der Waals surface area contributed by atoms with Crippen LogP contribution in [0.25, 0.3) is 0 Å². The first kappa shape index (κ1) is 15.0. The predicted octanol–water partition coefficient (Wildman–Crippen LogP) is 2.79. The van der Waals surface area contributed by atoms with Crippen molar-refractivity contribution in [2.24, 2.45) is 5.92 Å². The molecule has 0 spiro atoms. The normalized spacial score (nSPS) is 12.2.